The number of urea groups is 1. The number of carbonyl (C=O) groups is 3. The quantitative estimate of drug-likeness (QED) is 0.572. The lowest BCUT2D eigenvalue weighted by Gasteiger charge is -2.25. The summed E-state index contributed by atoms with van der Waals surface area (Å²) in [6.45, 7) is 1.75. The first-order chi connectivity index (χ1) is 13.4. The Morgan fingerprint density at radius 1 is 1.18 bits per heavy atom. The van der Waals surface area contributed by atoms with Crippen LogP contribution in [-0.4, -0.2) is 28.6 Å². The Balaban J connectivity index is 1.70. The Labute approximate surface area is 164 Å². The van der Waals surface area contributed by atoms with Gasteiger partial charge in [0, 0.05) is 4.90 Å². The van der Waals surface area contributed by atoms with E-state index in [4.69, 9.17) is 0 Å². The van der Waals surface area contributed by atoms with Crippen LogP contribution in [0, 0.1) is 11.6 Å². The number of carbonyl (C=O) groups excluding carboxylic acids is 3. The number of thioether (sulfide) groups is 1. The van der Waals surface area contributed by atoms with Gasteiger partial charge in [-0.15, -0.1) is 11.8 Å². The molecule has 0 saturated carbocycles. The van der Waals surface area contributed by atoms with Crippen LogP contribution in [0.5, 0.6) is 0 Å². The van der Waals surface area contributed by atoms with Crippen molar-refractivity contribution in [3.05, 3.63) is 65.7 Å². The summed E-state index contributed by atoms with van der Waals surface area (Å²) in [6, 6.07) is 10.9. The highest BCUT2D eigenvalue weighted by atomic mass is 32.2. The molecule has 2 aromatic rings. The largest absolute Gasteiger partial charge is 0.344 e. The lowest BCUT2D eigenvalue weighted by molar-refractivity contribution is -0.138. The first-order valence-electron chi connectivity index (χ1n) is 8.47. The van der Waals surface area contributed by atoms with Gasteiger partial charge in [0.05, 0.1) is 5.75 Å². The highest BCUT2D eigenvalue weighted by Crippen LogP contribution is 2.31. The van der Waals surface area contributed by atoms with Gasteiger partial charge < -0.3 is 5.32 Å². The number of hydrazine groups is 1. The standard InChI is InChI=1S/C19H17F2N3O3S/c1-2-19(12-6-4-3-5-7-12)17(26)24(18(27)22-19)23-16(25)11-28-15-10-13(20)8-9-14(15)21/h3-10H,2,11H2,1H3,(H,22,27)(H,23,25)/t19-/m0/s1. The fraction of sp³-hybridized carbons (Fsp3) is 0.211. The number of benzene rings is 2. The highest BCUT2D eigenvalue weighted by molar-refractivity contribution is 8.00. The maximum Gasteiger partial charge on any atom is 0.344 e. The van der Waals surface area contributed by atoms with E-state index in [0.717, 1.165) is 30.0 Å². The van der Waals surface area contributed by atoms with Crippen LogP contribution in [0.1, 0.15) is 18.9 Å². The molecule has 3 rings (SSSR count). The maximum absolute atomic E-state index is 13.6. The lowest BCUT2D eigenvalue weighted by Crippen LogP contribution is -2.49. The van der Waals surface area contributed by atoms with E-state index in [9.17, 15) is 23.2 Å². The van der Waals surface area contributed by atoms with Gasteiger partial charge in [-0.05, 0) is 30.2 Å². The molecule has 0 unspecified atom stereocenters. The van der Waals surface area contributed by atoms with Crippen LogP contribution in [0.15, 0.2) is 53.4 Å². The van der Waals surface area contributed by atoms with Crippen LogP contribution in [0.2, 0.25) is 0 Å². The first-order valence-corrected chi connectivity index (χ1v) is 9.45. The summed E-state index contributed by atoms with van der Waals surface area (Å²) in [6.07, 6.45) is 0.289. The van der Waals surface area contributed by atoms with Gasteiger partial charge in [-0.25, -0.2) is 13.6 Å². The summed E-state index contributed by atoms with van der Waals surface area (Å²) >= 11 is 0.760. The number of hydrogen-bond donors (Lipinski definition) is 2. The molecule has 0 aromatic heterocycles. The third kappa shape index (κ3) is 3.70. The minimum absolute atomic E-state index is 0.0421. The monoisotopic (exact) mass is 405 g/mol. The molecule has 146 valence electrons. The second-order valence-corrected chi connectivity index (χ2v) is 7.11. The normalized spacial score (nSPS) is 18.9. The van der Waals surface area contributed by atoms with E-state index in [-0.39, 0.29) is 17.1 Å². The lowest BCUT2D eigenvalue weighted by atomic mass is 9.87. The molecule has 0 bridgehead atoms. The van der Waals surface area contributed by atoms with Gasteiger partial charge in [0.2, 0.25) is 5.91 Å². The van der Waals surface area contributed by atoms with Crippen molar-refractivity contribution in [2.24, 2.45) is 0 Å². The van der Waals surface area contributed by atoms with E-state index in [0.29, 0.717) is 10.6 Å². The molecule has 9 heteroatoms. The Morgan fingerprint density at radius 3 is 2.57 bits per heavy atom. The minimum Gasteiger partial charge on any atom is -0.318 e. The third-order valence-corrected chi connectivity index (χ3v) is 5.41. The Kier molecular flexibility index (Phi) is 5.64. The summed E-state index contributed by atoms with van der Waals surface area (Å²) in [5.41, 5.74) is 1.57. The SMILES string of the molecule is CC[C@@]1(c2ccccc2)NC(=O)N(NC(=O)CSc2cc(F)ccc2F)C1=O. The van der Waals surface area contributed by atoms with Crippen molar-refractivity contribution in [1.29, 1.82) is 0 Å². The number of rotatable bonds is 6. The number of nitrogens with zero attached hydrogens (tertiary/aromatic N) is 1. The molecule has 0 aliphatic carbocycles. The zero-order valence-electron chi connectivity index (χ0n) is 14.9. The fourth-order valence-corrected chi connectivity index (χ4v) is 3.68. The molecule has 1 aliphatic heterocycles. The van der Waals surface area contributed by atoms with Crippen LogP contribution in [0.4, 0.5) is 13.6 Å². The average Bonchev–Trinajstić information content (AvgIpc) is 2.94. The second-order valence-electron chi connectivity index (χ2n) is 6.09. The zero-order valence-corrected chi connectivity index (χ0v) is 15.7. The zero-order chi connectivity index (χ0) is 20.3. The predicted molar refractivity (Wildman–Crippen MR) is 99.0 cm³/mol. The summed E-state index contributed by atoms with van der Waals surface area (Å²) in [7, 11) is 0. The molecule has 2 N–H and O–H groups in total. The van der Waals surface area contributed by atoms with E-state index in [1.165, 1.54) is 0 Å². The molecule has 28 heavy (non-hydrogen) atoms. The smallest absolute Gasteiger partial charge is 0.318 e. The topological polar surface area (TPSA) is 78.5 Å². The van der Waals surface area contributed by atoms with Crippen LogP contribution in [0.25, 0.3) is 0 Å². The molecule has 1 saturated heterocycles. The van der Waals surface area contributed by atoms with E-state index in [1.807, 2.05) is 0 Å². The van der Waals surface area contributed by atoms with Gasteiger partial charge >= 0.3 is 6.03 Å². The van der Waals surface area contributed by atoms with Crippen molar-refractivity contribution in [2.45, 2.75) is 23.8 Å². The van der Waals surface area contributed by atoms with Crippen molar-refractivity contribution in [3.63, 3.8) is 0 Å². The Morgan fingerprint density at radius 2 is 1.89 bits per heavy atom. The van der Waals surface area contributed by atoms with Crippen molar-refractivity contribution in [2.75, 3.05) is 5.75 Å². The number of imide groups is 1. The van der Waals surface area contributed by atoms with E-state index < -0.39 is 35.0 Å². The molecule has 4 amide bonds. The number of amides is 4. The summed E-state index contributed by atoms with van der Waals surface area (Å²) < 4.78 is 26.8. The molecule has 6 nitrogen and oxygen atoms in total. The number of hydrogen-bond acceptors (Lipinski definition) is 4. The van der Waals surface area contributed by atoms with Gasteiger partial charge in [0.25, 0.3) is 5.91 Å². The number of nitrogens with one attached hydrogen (secondary N) is 2. The molecular weight excluding hydrogens is 388 g/mol. The minimum atomic E-state index is -1.27. The van der Waals surface area contributed by atoms with Gasteiger partial charge in [-0.3, -0.25) is 15.0 Å². The van der Waals surface area contributed by atoms with Gasteiger partial charge in [0.15, 0.2) is 0 Å². The maximum atomic E-state index is 13.6. The Hall–Kier alpha value is -2.94. The van der Waals surface area contributed by atoms with Gasteiger partial charge in [-0.1, -0.05) is 37.3 Å². The van der Waals surface area contributed by atoms with Gasteiger partial charge in [-0.2, -0.15) is 5.01 Å². The van der Waals surface area contributed by atoms with Crippen LogP contribution in [0.3, 0.4) is 0 Å². The third-order valence-electron chi connectivity index (χ3n) is 4.38. The van der Waals surface area contributed by atoms with Crippen LogP contribution in [-0.2, 0) is 15.1 Å². The molecule has 0 radical (unpaired) electrons. The van der Waals surface area contributed by atoms with Crippen molar-refractivity contribution >= 4 is 29.6 Å². The molecular formula is C19H17F2N3O3S. The molecule has 2 aromatic carbocycles. The molecule has 1 heterocycles. The van der Waals surface area contributed by atoms with E-state index in [2.05, 4.69) is 10.7 Å². The molecule has 1 atom stereocenters. The van der Waals surface area contributed by atoms with Crippen molar-refractivity contribution in [1.82, 2.24) is 15.8 Å². The van der Waals surface area contributed by atoms with Crippen LogP contribution >= 0.6 is 11.8 Å². The first kappa shape index (κ1) is 19.8. The van der Waals surface area contributed by atoms with Crippen molar-refractivity contribution in [3.8, 4) is 0 Å². The van der Waals surface area contributed by atoms with Crippen molar-refractivity contribution < 1.29 is 23.2 Å². The summed E-state index contributed by atoms with van der Waals surface area (Å²) in [5.74, 6) is -2.90. The molecule has 0 spiro atoms. The number of halogens is 2. The van der Waals surface area contributed by atoms with E-state index >= 15 is 0 Å². The average molecular weight is 405 g/mol. The molecule has 1 fully saturated rings. The summed E-state index contributed by atoms with van der Waals surface area (Å²) in [4.78, 5) is 37.3. The molecule has 1 aliphatic rings. The van der Waals surface area contributed by atoms with E-state index in [1.54, 1.807) is 37.3 Å². The van der Waals surface area contributed by atoms with Crippen LogP contribution < -0.4 is 10.7 Å². The van der Waals surface area contributed by atoms with Gasteiger partial charge in [0.1, 0.15) is 17.2 Å². The Bertz CT molecular complexity index is 926. The fourth-order valence-electron chi connectivity index (χ4n) is 2.93. The predicted octanol–water partition coefficient (Wildman–Crippen LogP) is 2.95. The highest BCUT2D eigenvalue weighted by Gasteiger charge is 2.52. The second kappa shape index (κ2) is 7.97. The summed E-state index contributed by atoms with van der Waals surface area (Å²) in [5, 5.41) is 3.26.